The summed E-state index contributed by atoms with van der Waals surface area (Å²) >= 11 is 0. The van der Waals surface area contributed by atoms with E-state index in [1.165, 1.54) is 51.4 Å². The fourth-order valence-corrected chi connectivity index (χ4v) is 2.44. The van der Waals surface area contributed by atoms with E-state index in [9.17, 15) is 0 Å². The van der Waals surface area contributed by atoms with Gasteiger partial charge in [0.25, 0.3) is 0 Å². The van der Waals surface area contributed by atoms with Gasteiger partial charge in [0.05, 0.1) is 0 Å². The molecule has 0 saturated heterocycles. The minimum Gasteiger partial charge on any atom is -0.0882 e. The van der Waals surface area contributed by atoms with Gasteiger partial charge in [0.15, 0.2) is 0 Å². The summed E-state index contributed by atoms with van der Waals surface area (Å²) in [5.74, 6) is 0. The lowest BCUT2D eigenvalue weighted by molar-refractivity contribution is 0.857. The second-order valence-electron chi connectivity index (χ2n) is 4.63. The summed E-state index contributed by atoms with van der Waals surface area (Å²) in [6, 6.07) is 0. The molecule has 86 valence electrons. The zero-order valence-electron chi connectivity index (χ0n) is 10.1. The third-order valence-corrected chi connectivity index (χ3v) is 3.35. The summed E-state index contributed by atoms with van der Waals surface area (Å²) in [6.07, 6.45) is 24.1. The van der Waals surface area contributed by atoms with E-state index in [0.29, 0.717) is 0 Å². The Bertz CT molecular complexity index is 292. The third-order valence-electron chi connectivity index (χ3n) is 3.35. The zero-order chi connectivity index (χ0) is 11.1. The maximum absolute atomic E-state index is 2.47. The molecule has 0 bridgehead atoms. The molecule has 0 aromatic carbocycles. The van der Waals surface area contributed by atoms with E-state index in [1.807, 2.05) is 0 Å². The van der Waals surface area contributed by atoms with Crippen molar-refractivity contribution >= 4 is 0 Å². The van der Waals surface area contributed by atoms with E-state index in [0.717, 1.165) is 0 Å². The van der Waals surface area contributed by atoms with Crippen molar-refractivity contribution in [3.05, 3.63) is 47.6 Å². The van der Waals surface area contributed by atoms with E-state index < -0.39 is 0 Å². The van der Waals surface area contributed by atoms with Gasteiger partial charge in [-0.25, -0.2) is 0 Å². The molecule has 0 spiro atoms. The van der Waals surface area contributed by atoms with Gasteiger partial charge in [0, 0.05) is 0 Å². The molecule has 0 aliphatic heterocycles. The summed E-state index contributed by atoms with van der Waals surface area (Å²) in [6.45, 7) is 0. The van der Waals surface area contributed by atoms with Gasteiger partial charge in [-0.2, -0.15) is 0 Å². The molecule has 0 saturated carbocycles. The van der Waals surface area contributed by atoms with Gasteiger partial charge in [-0.1, -0.05) is 36.5 Å². The summed E-state index contributed by atoms with van der Waals surface area (Å²) in [5, 5.41) is 0. The number of hydrogen-bond acceptors (Lipinski definition) is 0. The van der Waals surface area contributed by atoms with Crippen LogP contribution in [0.3, 0.4) is 0 Å². The number of hydrogen-bond donors (Lipinski definition) is 0. The quantitative estimate of drug-likeness (QED) is 0.533. The highest BCUT2D eigenvalue weighted by atomic mass is 14.1. The lowest BCUT2D eigenvalue weighted by Crippen LogP contribution is -1.94. The molecule has 0 aromatic heterocycles. The van der Waals surface area contributed by atoms with Gasteiger partial charge < -0.3 is 0 Å². The van der Waals surface area contributed by atoms with Crippen molar-refractivity contribution in [1.82, 2.24) is 0 Å². The van der Waals surface area contributed by atoms with Crippen LogP contribution in [0.15, 0.2) is 47.6 Å². The van der Waals surface area contributed by atoms with Gasteiger partial charge in [0.2, 0.25) is 0 Å². The Morgan fingerprint density at radius 2 is 0.938 bits per heavy atom. The van der Waals surface area contributed by atoms with Gasteiger partial charge in [0.1, 0.15) is 0 Å². The number of rotatable bonds is 1. The largest absolute Gasteiger partial charge is 0.0882 e. The van der Waals surface area contributed by atoms with Crippen LogP contribution in [0.5, 0.6) is 0 Å². The normalized spacial score (nSPS) is 22.5. The second-order valence-corrected chi connectivity index (χ2v) is 4.63. The Labute approximate surface area is 99.4 Å². The molecule has 0 fully saturated rings. The van der Waals surface area contributed by atoms with Gasteiger partial charge in [-0.05, 0) is 62.5 Å². The van der Waals surface area contributed by atoms with Crippen LogP contribution >= 0.6 is 0 Å². The Kier molecular flexibility index (Phi) is 4.67. The van der Waals surface area contributed by atoms with Crippen LogP contribution in [-0.4, -0.2) is 0 Å². The highest BCUT2D eigenvalue weighted by Gasteiger charge is 2.06. The van der Waals surface area contributed by atoms with Crippen molar-refractivity contribution < 1.29 is 0 Å². The molecule has 2 aliphatic carbocycles. The smallest absolute Gasteiger partial charge is 0.0245 e. The average Bonchev–Trinajstić information content (AvgIpc) is 2.18. The maximum Gasteiger partial charge on any atom is -0.0245 e. The minimum absolute atomic E-state index is 1.22. The maximum atomic E-state index is 2.47. The molecule has 0 heteroatoms. The van der Waals surface area contributed by atoms with Crippen LogP contribution in [0.1, 0.15) is 51.4 Å². The third kappa shape index (κ3) is 3.52. The fourth-order valence-electron chi connectivity index (χ4n) is 2.44. The minimum atomic E-state index is 1.22. The second kappa shape index (κ2) is 6.52. The molecule has 0 atom stereocenters. The Hall–Kier alpha value is -1.04. The lowest BCUT2D eigenvalue weighted by Gasteiger charge is -2.14. The fraction of sp³-hybridized carbons (Fsp3) is 0.500. The topological polar surface area (TPSA) is 0 Å². The molecule has 0 aromatic rings. The molecule has 16 heavy (non-hydrogen) atoms. The molecule has 0 amide bonds. The van der Waals surface area contributed by atoms with Crippen LogP contribution in [0.2, 0.25) is 0 Å². The molecule has 0 unspecified atom stereocenters. The highest BCUT2D eigenvalue weighted by Crippen LogP contribution is 2.25. The molecule has 0 radical (unpaired) electrons. The van der Waals surface area contributed by atoms with E-state index in [2.05, 4.69) is 36.5 Å². The first kappa shape index (κ1) is 11.4. The van der Waals surface area contributed by atoms with Crippen molar-refractivity contribution in [2.45, 2.75) is 51.4 Å². The van der Waals surface area contributed by atoms with Crippen LogP contribution in [-0.2, 0) is 0 Å². The van der Waals surface area contributed by atoms with Crippen molar-refractivity contribution in [2.75, 3.05) is 0 Å². The first-order valence-corrected chi connectivity index (χ1v) is 6.65. The SMILES string of the molecule is C1=CCCC(C2=CCCC=CCC2)=CCC1. The molecular weight excluding hydrogens is 192 g/mol. The van der Waals surface area contributed by atoms with E-state index >= 15 is 0 Å². The summed E-state index contributed by atoms with van der Waals surface area (Å²) in [5.41, 5.74) is 3.25. The predicted octanol–water partition coefficient (Wildman–Crippen LogP) is 5.10. The molecule has 0 nitrogen and oxygen atoms in total. The Balaban J connectivity index is 2.03. The molecular formula is C16H22. The zero-order valence-corrected chi connectivity index (χ0v) is 10.1. The van der Waals surface area contributed by atoms with Crippen molar-refractivity contribution in [3.8, 4) is 0 Å². The first-order valence-electron chi connectivity index (χ1n) is 6.65. The molecule has 0 heterocycles. The van der Waals surface area contributed by atoms with Crippen molar-refractivity contribution in [3.63, 3.8) is 0 Å². The summed E-state index contributed by atoms with van der Waals surface area (Å²) < 4.78 is 0. The Morgan fingerprint density at radius 3 is 1.44 bits per heavy atom. The van der Waals surface area contributed by atoms with Crippen molar-refractivity contribution in [1.29, 1.82) is 0 Å². The molecule has 2 rings (SSSR count). The Morgan fingerprint density at radius 1 is 0.500 bits per heavy atom. The van der Waals surface area contributed by atoms with Crippen molar-refractivity contribution in [2.24, 2.45) is 0 Å². The standard InChI is InChI=1S/C16H22/c1-3-7-11-15(12-8-4-1)16-13-9-5-2-6-10-14-16/h1-3,5,12,14H,4,6-11,13H2. The van der Waals surface area contributed by atoms with Crippen LogP contribution in [0.4, 0.5) is 0 Å². The van der Waals surface area contributed by atoms with Gasteiger partial charge >= 0.3 is 0 Å². The van der Waals surface area contributed by atoms with Crippen LogP contribution < -0.4 is 0 Å². The van der Waals surface area contributed by atoms with Crippen LogP contribution in [0, 0.1) is 0 Å². The van der Waals surface area contributed by atoms with E-state index in [4.69, 9.17) is 0 Å². The van der Waals surface area contributed by atoms with Crippen LogP contribution in [0.25, 0.3) is 0 Å². The summed E-state index contributed by atoms with van der Waals surface area (Å²) in [4.78, 5) is 0. The highest BCUT2D eigenvalue weighted by molar-refractivity contribution is 5.32. The van der Waals surface area contributed by atoms with E-state index in [1.54, 1.807) is 11.1 Å². The monoisotopic (exact) mass is 214 g/mol. The van der Waals surface area contributed by atoms with E-state index in [-0.39, 0.29) is 0 Å². The predicted molar refractivity (Wildman–Crippen MR) is 71.4 cm³/mol. The molecule has 2 aliphatic rings. The summed E-state index contributed by atoms with van der Waals surface area (Å²) in [7, 11) is 0. The number of allylic oxidation sites excluding steroid dienone is 8. The van der Waals surface area contributed by atoms with Gasteiger partial charge in [-0.15, -0.1) is 0 Å². The first-order chi connectivity index (χ1) is 7.97. The van der Waals surface area contributed by atoms with Gasteiger partial charge in [-0.3, -0.25) is 0 Å². The lowest BCUT2D eigenvalue weighted by atomic mass is 9.92. The molecule has 0 N–H and O–H groups in total. The average molecular weight is 214 g/mol.